The molecule has 0 saturated carbocycles. The van der Waals surface area contributed by atoms with E-state index in [2.05, 4.69) is 24.5 Å². The lowest BCUT2D eigenvalue weighted by molar-refractivity contribution is 0.00812. The third-order valence-electron chi connectivity index (χ3n) is 4.56. The SMILES string of the molecule is CC1CCCN(CC2(CS)CCOCC2)CC1. The number of hydrogen-bond donors (Lipinski definition) is 1. The van der Waals surface area contributed by atoms with Crippen LogP contribution in [0, 0.1) is 11.3 Å². The molecule has 0 aliphatic carbocycles. The Hall–Kier alpha value is 0.270. The van der Waals surface area contributed by atoms with E-state index in [-0.39, 0.29) is 0 Å². The molecule has 2 saturated heterocycles. The Kier molecular flexibility index (Phi) is 5.19. The highest BCUT2D eigenvalue weighted by Gasteiger charge is 2.33. The summed E-state index contributed by atoms with van der Waals surface area (Å²) >= 11 is 4.61. The molecule has 0 aromatic carbocycles. The maximum absolute atomic E-state index is 5.51. The first-order chi connectivity index (χ1) is 8.24. The number of hydrogen-bond acceptors (Lipinski definition) is 3. The lowest BCUT2D eigenvalue weighted by Gasteiger charge is -2.40. The van der Waals surface area contributed by atoms with E-state index >= 15 is 0 Å². The summed E-state index contributed by atoms with van der Waals surface area (Å²) in [5, 5.41) is 0. The Morgan fingerprint density at radius 3 is 2.71 bits per heavy atom. The van der Waals surface area contributed by atoms with Gasteiger partial charge < -0.3 is 9.64 Å². The molecule has 17 heavy (non-hydrogen) atoms. The van der Waals surface area contributed by atoms with Crippen molar-refractivity contribution in [2.45, 2.75) is 39.0 Å². The van der Waals surface area contributed by atoms with Gasteiger partial charge in [-0.2, -0.15) is 12.6 Å². The molecule has 2 nitrogen and oxygen atoms in total. The van der Waals surface area contributed by atoms with Crippen molar-refractivity contribution in [2.24, 2.45) is 11.3 Å². The summed E-state index contributed by atoms with van der Waals surface area (Å²) in [7, 11) is 0. The predicted molar refractivity (Wildman–Crippen MR) is 75.8 cm³/mol. The minimum absolute atomic E-state index is 0.426. The third kappa shape index (κ3) is 3.87. The van der Waals surface area contributed by atoms with E-state index in [0.29, 0.717) is 5.41 Å². The maximum Gasteiger partial charge on any atom is 0.0472 e. The highest BCUT2D eigenvalue weighted by Crippen LogP contribution is 2.33. The van der Waals surface area contributed by atoms with Crippen molar-refractivity contribution >= 4 is 12.6 Å². The van der Waals surface area contributed by atoms with Crippen LogP contribution in [-0.2, 0) is 4.74 Å². The molecule has 0 N–H and O–H groups in total. The molecule has 1 atom stereocenters. The fourth-order valence-electron chi connectivity index (χ4n) is 3.13. The minimum atomic E-state index is 0.426. The summed E-state index contributed by atoms with van der Waals surface area (Å²) in [4.78, 5) is 2.69. The van der Waals surface area contributed by atoms with E-state index in [0.717, 1.165) is 24.9 Å². The molecule has 0 spiro atoms. The summed E-state index contributed by atoms with van der Waals surface area (Å²) in [5.74, 6) is 1.93. The van der Waals surface area contributed by atoms with Crippen LogP contribution in [0.5, 0.6) is 0 Å². The molecule has 2 fully saturated rings. The van der Waals surface area contributed by atoms with Gasteiger partial charge in [-0.05, 0) is 62.3 Å². The second kappa shape index (κ2) is 6.44. The number of thiol groups is 1. The van der Waals surface area contributed by atoms with E-state index < -0.39 is 0 Å². The summed E-state index contributed by atoms with van der Waals surface area (Å²) in [5.41, 5.74) is 0.426. The smallest absolute Gasteiger partial charge is 0.0472 e. The molecule has 100 valence electrons. The van der Waals surface area contributed by atoms with E-state index in [4.69, 9.17) is 4.74 Å². The van der Waals surface area contributed by atoms with Crippen LogP contribution in [0.15, 0.2) is 0 Å². The van der Waals surface area contributed by atoms with Crippen LogP contribution in [-0.4, -0.2) is 43.5 Å². The highest BCUT2D eigenvalue weighted by molar-refractivity contribution is 7.80. The Morgan fingerprint density at radius 1 is 1.24 bits per heavy atom. The van der Waals surface area contributed by atoms with Crippen LogP contribution in [0.3, 0.4) is 0 Å². The minimum Gasteiger partial charge on any atom is -0.381 e. The van der Waals surface area contributed by atoms with Crippen molar-refractivity contribution in [3.8, 4) is 0 Å². The molecular formula is C14H27NOS. The predicted octanol–water partition coefficient (Wildman–Crippen LogP) is 2.84. The normalized spacial score (nSPS) is 31.1. The first-order valence-electron chi connectivity index (χ1n) is 7.15. The zero-order chi connectivity index (χ0) is 12.1. The van der Waals surface area contributed by atoms with Gasteiger partial charge in [-0.15, -0.1) is 0 Å². The van der Waals surface area contributed by atoms with Gasteiger partial charge in [0.05, 0.1) is 0 Å². The monoisotopic (exact) mass is 257 g/mol. The second-order valence-electron chi connectivity index (χ2n) is 6.08. The van der Waals surface area contributed by atoms with Gasteiger partial charge in [0.25, 0.3) is 0 Å². The molecule has 2 rings (SSSR count). The van der Waals surface area contributed by atoms with Crippen LogP contribution in [0.2, 0.25) is 0 Å². The Labute approximate surface area is 112 Å². The maximum atomic E-state index is 5.51. The fraction of sp³-hybridized carbons (Fsp3) is 1.00. The second-order valence-corrected chi connectivity index (χ2v) is 6.40. The van der Waals surface area contributed by atoms with Crippen LogP contribution in [0.1, 0.15) is 39.0 Å². The molecule has 0 aromatic rings. The molecule has 2 heterocycles. The van der Waals surface area contributed by atoms with E-state index in [1.54, 1.807) is 0 Å². The van der Waals surface area contributed by atoms with E-state index in [1.165, 1.54) is 51.7 Å². The third-order valence-corrected chi connectivity index (χ3v) is 5.23. The standard InChI is InChI=1S/C14H27NOS/c1-13-3-2-7-15(8-4-13)11-14(12-17)5-9-16-10-6-14/h13,17H,2-12H2,1H3. The Balaban J connectivity index is 1.88. The van der Waals surface area contributed by atoms with Crippen LogP contribution in [0.4, 0.5) is 0 Å². The van der Waals surface area contributed by atoms with Gasteiger partial charge in [0.15, 0.2) is 0 Å². The van der Waals surface area contributed by atoms with E-state index in [9.17, 15) is 0 Å². The lowest BCUT2D eigenvalue weighted by Crippen LogP contribution is -2.43. The van der Waals surface area contributed by atoms with Crippen LogP contribution in [0.25, 0.3) is 0 Å². The number of rotatable bonds is 3. The molecule has 3 heteroatoms. The average molecular weight is 257 g/mol. The quantitative estimate of drug-likeness (QED) is 0.781. The summed E-state index contributed by atoms with van der Waals surface area (Å²) in [6, 6.07) is 0. The number of likely N-dealkylation sites (tertiary alicyclic amines) is 1. The highest BCUT2D eigenvalue weighted by atomic mass is 32.1. The van der Waals surface area contributed by atoms with Crippen molar-refractivity contribution in [3.05, 3.63) is 0 Å². The number of ether oxygens (including phenoxy) is 1. The van der Waals surface area contributed by atoms with Crippen molar-refractivity contribution in [1.82, 2.24) is 4.90 Å². The average Bonchev–Trinajstić information content (AvgIpc) is 2.56. The van der Waals surface area contributed by atoms with Crippen molar-refractivity contribution in [3.63, 3.8) is 0 Å². The van der Waals surface area contributed by atoms with Crippen molar-refractivity contribution in [2.75, 3.05) is 38.6 Å². The zero-order valence-corrected chi connectivity index (χ0v) is 12.1. The van der Waals surface area contributed by atoms with Gasteiger partial charge in [0, 0.05) is 19.8 Å². The summed E-state index contributed by atoms with van der Waals surface area (Å²) < 4.78 is 5.51. The van der Waals surface area contributed by atoms with Crippen molar-refractivity contribution in [1.29, 1.82) is 0 Å². The molecule has 0 radical (unpaired) electrons. The van der Waals surface area contributed by atoms with Crippen LogP contribution >= 0.6 is 12.6 Å². The van der Waals surface area contributed by atoms with E-state index in [1.807, 2.05) is 0 Å². The molecule has 2 aliphatic rings. The first-order valence-corrected chi connectivity index (χ1v) is 7.78. The van der Waals surface area contributed by atoms with Gasteiger partial charge in [-0.1, -0.05) is 6.92 Å². The van der Waals surface area contributed by atoms with Gasteiger partial charge in [0.2, 0.25) is 0 Å². The summed E-state index contributed by atoms with van der Waals surface area (Å²) in [6.45, 7) is 8.09. The summed E-state index contributed by atoms with van der Waals surface area (Å²) in [6.07, 6.45) is 6.55. The zero-order valence-electron chi connectivity index (χ0n) is 11.2. The van der Waals surface area contributed by atoms with Crippen molar-refractivity contribution < 1.29 is 4.74 Å². The van der Waals surface area contributed by atoms with Gasteiger partial charge in [0.1, 0.15) is 0 Å². The van der Waals surface area contributed by atoms with Crippen LogP contribution < -0.4 is 0 Å². The molecule has 2 aliphatic heterocycles. The molecular weight excluding hydrogens is 230 g/mol. The largest absolute Gasteiger partial charge is 0.381 e. The Bertz CT molecular complexity index is 228. The lowest BCUT2D eigenvalue weighted by atomic mass is 9.81. The molecule has 0 amide bonds. The topological polar surface area (TPSA) is 12.5 Å². The number of nitrogens with zero attached hydrogens (tertiary/aromatic N) is 1. The molecule has 0 aromatic heterocycles. The van der Waals surface area contributed by atoms with Gasteiger partial charge in [-0.25, -0.2) is 0 Å². The molecule has 1 unspecified atom stereocenters. The van der Waals surface area contributed by atoms with Gasteiger partial charge >= 0.3 is 0 Å². The van der Waals surface area contributed by atoms with Gasteiger partial charge in [-0.3, -0.25) is 0 Å². The fourth-order valence-corrected chi connectivity index (χ4v) is 3.54. The first kappa shape index (κ1) is 13.7. The molecule has 0 bridgehead atoms. The Morgan fingerprint density at radius 2 is 2.00 bits per heavy atom.